The van der Waals surface area contributed by atoms with Gasteiger partial charge in [-0.15, -0.1) is 0 Å². The third-order valence-corrected chi connectivity index (χ3v) is 3.31. The van der Waals surface area contributed by atoms with Gasteiger partial charge in [0.25, 0.3) is 5.91 Å². The first-order valence-electron chi connectivity index (χ1n) is 6.83. The summed E-state index contributed by atoms with van der Waals surface area (Å²) in [6.45, 7) is 1.54. The summed E-state index contributed by atoms with van der Waals surface area (Å²) >= 11 is 5.80. The van der Waals surface area contributed by atoms with Crippen molar-refractivity contribution in [2.24, 2.45) is 0 Å². The summed E-state index contributed by atoms with van der Waals surface area (Å²) in [5.41, 5.74) is 1.30. The number of amides is 1. The van der Waals surface area contributed by atoms with Gasteiger partial charge in [0.15, 0.2) is 6.61 Å². The van der Waals surface area contributed by atoms with Crippen molar-refractivity contribution >= 4 is 23.5 Å². The highest BCUT2D eigenvalue weighted by Crippen LogP contribution is 2.12. The lowest BCUT2D eigenvalue weighted by molar-refractivity contribution is -0.124. The topological polar surface area (TPSA) is 55.4 Å². The largest absolute Gasteiger partial charge is 0.452 e. The molecule has 22 heavy (non-hydrogen) atoms. The minimum absolute atomic E-state index is 0.154. The van der Waals surface area contributed by atoms with Crippen LogP contribution in [0.4, 0.5) is 0 Å². The Morgan fingerprint density at radius 1 is 1.14 bits per heavy atom. The summed E-state index contributed by atoms with van der Waals surface area (Å²) in [6, 6.07) is 15.8. The summed E-state index contributed by atoms with van der Waals surface area (Å²) in [6.07, 6.45) is 0. The van der Waals surface area contributed by atoms with E-state index in [-0.39, 0.29) is 18.6 Å². The van der Waals surface area contributed by atoms with Crippen LogP contribution >= 0.6 is 11.6 Å². The van der Waals surface area contributed by atoms with Gasteiger partial charge in [0.1, 0.15) is 0 Å². The van der Waals surface area contributed by atoms with E-state index in [1.807, 2.05) is 37.3 Å². The molecule has 0 aliphatic heterocycles. The molecule has 0 aromatic heterocycles. The van der Waals surface area contributed by atoms with Gasteiger partial charge in [-0.3, -0.25) is 4.79 Å². The third-order valence-electron chi connectivity index (χ3n) is 3.07. The van der Waals surface area contributed by atoms with Crippen molar-refractivity contribution in [1.29, 1.82) is 0 Å². The monoisotopic (exact) mass is 317 g/mol. The number of hydrogen-bond acceptors (Lipinski definition) is 3. The van der Waals surface area contributed by atoms with Crippen molar-refractivity contribution in [3.63, 3.8) is 0 Å². The zero-order valence-corrected chi connectivity index (χ0v) is 12.8. The molecule has 0 saturated carbocycles. The van der Waals surface area contributed by atoms with E-state index in [1.54, 1.807) is 18.2 Å². The molecule has 5 heteroatoms. The second-order valence-corrected chi connectivity index (χ2v) is 5.22. The minimum atomic E-state index is -0.579. The number of carbonyl (C=O) groups is 2. The molecule has 0 spiro atoms. The first-order valence-corrected chi connectivity index (χ1v) is 7.21. The van der Waals surface area contributed by atoms with E-state index in [0.717, 1.165) is 5.56 Å². The summed E-state index contributed by atoms with van der Waals surface area (Å²) < 4.78 is 4.97. The normalized spacial score (nSPS) is 11.5. The number of carbonyl (C=O) groups excluding carboxylic acids is 2. The van der Waals surface area contributed by atoms with Gasteiger partial charge in [0, 0.05) is 5.02 Å². The fourth-order valence-corrected chi connectivity index (χ4v) is 2.13. The van der Waals surface area contributed by atoms with E-state index in [9.17, 15) is 9.59 Å². The van der Waals surface area contributed by atoms with Gasteiger partial charge < -0.3 is 10.1 Å². The van der Waals surface area contributed by atoms with Crippen LogP contribution in [-0.4, -0.2) is 18.5 Å². The minimum Gasteiger partial charge on any atom is -0.452 e. The average molecular weight is 318 g/mol. The lowest BCUT2D eigenvalue weighted by atomic mass is 10.1. The predicted octanol–water partition coefficient (Wildman–Crippen LogP) is 3.37. The van der Waals surface area contributed by atoms with Gasteiger partial charge in [-0.1, -0.05) is 48.0 Å². The summed E-state index contributed by atoms with van der Waals surface area (Å²) in [4.78, 5) is 23.6. The van der Waals surface area contributed by atoms with Crippen LogP contribution in [0.25, 0.3) is 0 Å². The van der Waals surface area contributed by atoms with E-state index in [2.05, 4.69) is 5.32 Å². The number of esters is 1. The summed E-state index contributed by atoms with van der Waals surface area (Å²) in [5.74, 6) is -0.934. The molecule has 1 unspecified atom stereocenters. The number of nitrogens with one attached hydrogen (secondary N) is 1. The first kappa shape index (κ1) is 16.0. The van der Waals surface area contributed by atoms with Crippen molar-refractivity contribution in [3.05, 3.63) is 70.7 Å². The molecule has 2 aromatic carbocycles. The Morgan fingerprint density at radius 2 is 1.86 bits per heavy atom. The zero-order valence-electron chi connectivity index (χ0n) is 12.1. The van der Waals surface area contributed by atoms with E-state index < -0.39 is 5.97 Å². The molecule has 1 amide bonds. The maximum atomic E-state index is 11.8. The van der Waals surface area contributed by atoms with Crippen LogP contribution in [0.3, 0.4) is 0 Å². The Bertz CT molecular complexity index is 658. The lowest BCUT2D eigenvalue weighted by Gasteiger charge is -2.14. The molecule has 2 rings (SSSR count). The van der Waals surface area contributed by atoms with Gasteiger partial charge in [0.05, 0.1) is 11.6 Å². The summed E-state index contributed by atoms with van der Waals surface area (Å²) in [5, 5.41) is 3.21. The molecule has 114 valence electrons. The third kappa shape index (κ3) is 4.60. The van der Waals surface area contributed by atoms with Gasteiger partial charge in [0.2, 0.25) is 0 Å². The second-order valence-electron chi connectivity index (χ2n) is 4.79. The Hall–Kier alpha value is -2.33. The maximum absolute atomic E-state index is 11.8. The van der Waals surface area contributed by atoms with Crippen LogP contribution in [0, 0.1) is 0 Å². The molecular formula is C17H16ClNO3. The molecule has 0 bridgehead atoms. The van der Waals surface area contributed by atoms with Crippen molar-refractivity contribution in [2.75, 3.05) is 6.61 Å². The first-order chi connectivity index (χ1) is 10.6. The fraction of sp³-hybridized carbons (Fsp3) is 0.176. The molecular weight excluding hydrogens is 302 g/mol. The summed E-state index contributed by atoms with van der Waals surface area (Å²) in [7, 11) is 0. The van der Waals surface area contributed by atoms with Crippen LogP contribution in [0.2, 0.25) is 5.02 Å². The van der Waals surface area contributed by atoms with E-state index >= 15 is 0 Å². The Kier molecular flexibility index (Phi) is 5.55. The van der Waals surface area contributed by atoms with Crippen LogP contribution in [0.15, 0.2) is 54.6 Å². The van der Waals surface area contributed by atoms with Crippen molar-refractivity contribution < 1.29 is 14.3 Å². The van der Waals surface area contributed by atoms with Gasteiger partial charge in [-0.2, -0.15) is 0 Å². The van der Waals surface area contributed by atoms with Crippen molar-refractivity contribution in [3.8, 4) is 0 Å². The molecule has 1 N–H and O–H groups in total. The zero-order chi connectivity index (χ0) is 15.9. The SMILES string of the molecule is CC(NC(=O)COC(=O)c1cccc(Cl)c1)c1ccccc1. The van der Waals surface area contributed by atoms with Crippen LogP contribution < -0.4 is 5.32 Å². The molecule has 1 atom stereocenters. The number of benzene rings is 2. The van der Waals surface area contributed by atoms with Crippen LogP contribution in [0.5, 0.6) is 0 Å². The fourth-order valence-electron chi connectivity index (χ4n) is 1.94. The molecule has 0 radical (unpaired) electrons. The number of hydrogen-bond donors (Lipinski definition) is 1. The van der Waals surface area contributed by atoms with E-state index in [0.29, 0.717) is 10.6 Å². The van der Waals surface area contributed by atoms with Crippen molar-refractivity contribution in [1.82, 2.24) is 5.32 Å². The molecule has 0 heterocycles. The average Bonchev–Trinajstić information content (AvgIpc) is 2.53. The van der Waals surface area contributed by atoms with Gasteiger partial charge >= 0.3 is 5.97 Å². The highest BCUT2D eigenvalue weighted by Gasteiger charge is 2.13. The quantitative estimate of drug-likeness (QED) is 0.860. The number of ether oxygens (including phenoxy) is 1. The predicted molar refractivity (Wildman–Crippen MR) is 84.7 cm³/mol. The molecule has 4 nitrogen and oxygen atoms in total. The maximum Gasteiger partial charge on any atom is 0.338 e. The number of halogens is 1. The van der Waals surface area contributed by atoms with Gasteiger partial charge in [-0.05, 0) is 30.7 Å². The number of rotatable bonds is 5. The molecule has 0 fully saturated rings. The van der Waals surface area contributed by atoms with Gasteiger partial charge in [-0.25, -0.2) is 4.79 Å². The molecule has 0 aliphatic rings. The second kappa shape index (κ2) is 7.61. The lowest BCUT2D eigenvalue weighted by Crippen LogP contribution is -2.31. The Morgan fingerprint density at radius 3 is 2.55 bits per heavy atom. The van der Waals surface area contributed by atoms with Crippen LogP contribution in [0.1, 0.15) is 28.9 Å². The van der Waals surface area contributed by atoms with Crippen LogP contribution in [-0.2, 0) is 9.53 Å². The highest BCUT2D eigenvalue weighted by atomic mass is 35.5. The Balaban J connectivity index is 1.84. The Labute approximate surface area is 134 Å². The molecule has 2 aromatic rings. The smallest absolute Gasteiger partial charge is 0.338 e. The van der Waals surface area contributed by atoms with E-state index in [1.165, 1.54) is 6.07 Å². The molecule has 0 aliphatic carbocycles. The standard InChI is InChI=1S/C17H16ClNO3/c1-12(13-6-3-2-4-7-13)19-16(20)11-22-17(21)14-8-5-9-15(18)10-14/h2-10,12H,11H2,1H3,(H,19,20). The molecule has 0 saturated heterocycles. The highest BCUT2D eigenvalue weighted by molar-refractivity contribution is 6.30. The van der Waals surface area contributed by atoms with Crippen molar-refractivity contribution in [2.45, 2.75) is 13.0 Å². The van der Waals surface area contributed by atoms with E-state index in [4.69, 9.17) is 16.3 Å².